The van der Waals surface area contributed by atoms with Gasteiger partial charge in [-0.3, -0.25) is 0 Å². The van der Waals surface area contributed by atoms with Gasteiger partial charge < -0.3 is 19.9 Å². The molecule has 2 aliphatic carbocycles. The summed E-state index contributed by atoms with van der Waals surface area (Å²) in [4.78, 5) is 4.90. The van der Waals surface area contributed by atoms with Crippen LogP contribution < -0.4 is 10.6 Å². The average molecular weight is 516 g/mol. The zero-order chi connectivity index (χ0) is 19.4. The van der Waals surface area contributed by atoms with Crippen LogP contribution >= 0.6 is 24.0 Å². The van der Waals surface area contributed by atoms with Crippen LogP contribution in [-0.4, -0.2) is 45.0 Å². The number of halogens is 1. The number of nitrogens with one attached hydrogen (secondary N) is 2. The summed E-state index contributed by atoms with van der Waals surface area (Å²) in [7, 11) is 2.00. The first kappa shape index (κ1) is 22.8. The topological polar surface area (TPSA) is 76.4 Å². The summed E-state index contributed by atoms with van der Waals surface area (Å²) in [6.07, 6.45) is 13.7. The summed E-state index contributed by atoms with van der Waals surface area (Å²) in [5.74, 6) is 2.77. The molecule has 2 heterocycles. The molecule has 7 nitrogen and oxygen atoms in total. The molecule has 1 saturated heterocycles. The minimum Gasteiger partial charge on any atom is -0.375 e. The molecule has 0 bridgehead atoms. The van der Waals surface area contributed by atoms with Gasteiger partial charge in [-0.25, -0.2) is 4.99 Å². The van der Waals surface area contributed by atoms with Crippen molar-refractivity contribution in [3.8, 4) is 0 Å². The van der Waals surface area contributed by atoms with Gasteiger partial charge in [-0.2, -0.15) is 0 Å². The Labute approximate surface area is 191 Å². The Morgan fingerprint density at radius 1 is 1.07 bits per heavy atom. The Balaban J connectivity index is 0.00000240. The first-order valence-electron chi connectivity index (χ1n) is 11.2. The number of hydrogen-bond acceptors (Lipinski definition) is 4. The third kappa shape index (κ3) is 5.83. The standard InChI is InChI=1S/C21H36N6O.HI/c1-16-25-26-19(27(16)2)15-22-20(23-17-8-4-3-5-9-17)24-18-10-13-28-21(14-18)11-6-7-12-21;/h17-18H,3-15H2,1-2H3,(H2,22,23,24);1H. The van der Waals surface area contributed by atoms with Crippen LogP contribution in [0.15, 0.2) is 4.99 Å². The van der Waals surface area contributed by atoms with Gasteiger partial charge in [0.15, 0.2) is 11.8 Å². The van der Waals surface area contributed by atoms with Crippen molar-refractivity contribution in [2.45, 2.75) is 102 Å². The molecule has 2 N–H and O–H groups in total. The second-order valence-corrected chi connectivity index (χ2v) is 8.94. The third-order valence-electron chi connectivity index (χ3n) is 6.86. The van der Waals surface area contributed by atoms with Crippen molar-refractivity contribution in [3.05, 3.63) is 11.6 Å². The highest BCUT2D eigenvalue weighted by Gasteiger charge is 2.40. The molecule has 0 amide bonds. The van der Waals surface area contributed by atoms with Crippen LogP contribution in [-0.2, 0) is 18.3 Å². The van der Waals surface area contributed by atoms with E-state index < -0.39 is 0 Å². The number of aryl methyl sites for hydroxylation is 1. The maximum atomic E-state index is 6.21. The van der Waals surface area contributed by atoms with Crippen LogP contribution in [0.2, 0.25) is 0 Å². The number of ether oxygens (including phenoxy) is 1. The van der Waals surface area contributed by atoms with Crippen molar-refractivity contribution in [2.24, 2.45) is 12.0 Å². The molecule has 3 aliphatic rings. The quantitative estimate of drug-likeness (QED) is 0.364. The highest BCUT2D eigenvalue weighted by molar-refractivity contribution is 14.0. The van der Waals surface area contributed by atoms with Crippen molar-refractivity contribution in [1.82, 2.24) is 25.4 Å². The predicted octanol–water partition coefficient (Wildman–Crippen LogP) is 3.60. The van der Waals surface area contributed by atoms with E-state index in [4.69, 9.17) is 9.73 Å². The van der Waals surface area contributed by atoms with E-state index in [2.05, 4.69) is 20.8 Å². The molecule has 1 aromatic rings. The van der Waals surface area contributed by atoms with Crippen molar-refractivity contribution < 1.29 is 4.74 Å². The summed E-state index contributed by atoms with van der Waals surface area (Å²) in [6, 6.07) is 0.962. The van der Waals surface area contributed by atoms with Crippen LogP contribution in [0.25, 0.3) is 0 Å². The summed E-state index contributed by atoms with van der Waals surface area (Å²) >= 11 is 0. The Hall–Kier alpha value is -0.900. The Morgan fingerprint density at radius 3 is 2.48 bits per heavy atom. The molecule has 1 spiro atoms. The second-order valence-electron chi connectivity index (χ2n) is 8.94. The Morgan fingerprint density at radius 2 is 1.79 bits per heavy atom. The summed E-state index contributed by atoms with van der Waals surface area (Å²) in [6.45, 7) is 3.38. The molecular weight excluding hydrogens is 479 g/mol. The van der Waals surface area contributed by atoms with E-state index in [9.17, 15) is 0 Å². The van der Waals surface area contributed by atoms with Crippen LogP contribution in [0.3, 0.4) is 0 Å². The lowest BCUT2D eigenvalue weighted by atomic mass is 9.89. The molecule has 1 unspecified atom stereocenters. The lowest BCUT2D eigenvalue weighted by Crippen LogP contribution is -2.52. The molecule has 0 radical (unpaired) electrons. The number of hydrogen-bond donors (Lipinski definition) is 2. The van der Waals surface area contributed by atoms with E-state index in [1.807, 2.05) is 18.5 Å². The number of aromatic nitrogens is 3. The molecule has 8 heteroatoms. The zero-order valence-corrected chi connectivity index (χ0v) is 20.3. The number of rotatable bonds is 4. The molecule has 1 aromatic heterocycles. The van der Waals surface area contributed by atoms with E-state index in [1.165, 1.54) is 57.8 Å². The Bertz CT molecular complexity index is 679. The lowest BCUT2D eigenvalue weighted by molar-refractivity contribution is -0.0815. The van der Waals surface area contributed by atoms with Gasteiger partial charge in [0.1, 0.15) is 12.4 Å². The second kappa shape index (κ2) is 10.4. The average Bonchev–Trinajstić information content (AvgIpc) is 3.28. The van der Waals surface area contributed by atoms with E-state index in [-0.39, 0.29) is 29.6 Å². The summed E-state index contributed by atoms with van der Waals surface area (Å²) in [5, 5.41) is 15.9. The largest absolute Gasteiger partial charge is 0.375 e. The van der Waals surface area contributed by atoms with Crippen molar-refractivity contribution in [3.63, 3.8) is 0 Å². The van der Waals surface area contributed by atoms with Gasteiger partial charge in [-0.15, -0.1) is 34.2 Å². The van der Waals surface area contributed by atoms with Crippen molar-refractivity contribution in [1.29, 1.82) is 0 Å². The summed E-state index contributed by atoms with van der Waals surface area (Å²) in [5.41, 5.74) is 0.118. The van der Waals surface area contributed by atoms with Gasteiger partial charge in [0.25, 0.3) is 0 Å². The van der Waals surface area contributed by atoms with E-state index in [0.717, 1.165) is 37.1 Å². The van der Waals surface area contributed by atoms with Crippen molar-refractivity contribution >= 4 is 29.9 Å². The fourth-order valence-electron chi connectivity index (χ4n) is 5.02. The molecule has 4 rings (SSSR count). The molecule has 164 valence electrons. The number of aliphatic imine (C=N–C) groups is 1. The monoisotopic (exact) mass is 516 g/mol. The van der Waals surface area contributed by atoms with E-state index in [0.29, 0.717) is 18.6 Å². The highest BCUT2D eigenvalue weighted by Crippen LogP contribution is 2.39. The predicted molar refractivity (Wildman–Crippen MR) is 126 cm³/mol. The maximum absolute atomic E-state index is 6.21. The van der Waals surface area contributed by atoms with Gasteiger partial charge in [-0.1, -0.05) is 32.1 Å². The van der Waals surface area contributed by atoms with Gasteiger partial charge >= 0.3 is 0 Å². The molecule has 29 heavy (non-hydrogen) atoms. The van der Waals surface area contributed by atoms with Gasteiger partial charge in [-0.05, 0) is 45.4 Å². The van der Waals surface area contributed by atoms with Crippen molar-refractivity contribution in [2.75, 3.05) is 6.61 Å². The van der Waals surface area contributed by atoms with Crippen LogP contribution in [0, 0.1) is 6.92 Å². The SMILES string of the molecule is Cc1nnc(CN=C(NC2CCCCC2)NC2CCOC3(CCCC3)C2)n1C.I. The molecule has 1 atom stereocenters. The van der Waals surface area contributed by atoms with Gasteiger partial charge in [0.05, 0.1) is 5.60 Å². The lowest BCUT2D eigenvalue weighted by Gasteiger charge is -2.39. The molecular formula is C21H37IN6O. The van der Waals surface area contributed by atoms with Crippen LogP contribution in [0.4, 0.5) is 0 Å². The van der Waals surface area contributed by atoms with E-state index >= 15 is 0 Å². The van der Waals surface area contributed by atoms with Crippen LogP contribution in [0.1, 0.15) is 82.3 Å². The minimum absolute atomic E-state index is 0. The zero-order valence-electron chi connectivity index (χ0n) is 18.0. The summed E-state index contributed by atoms with van der Waals surface area (Å²) < 4.78 is 8.23. The first-order valence-corrected chi connectivity index (χ1v) is 11.2. The minimum atomic E-state index is 0. The van der Waals surface area contributed by atoms with E-state index in [1.54, 1.807) is 0 Å². The van der Waals surface area contributed by atoms with Gasteiger partial charge in [0.2, 0.25) is 0 Å². The molecule has 0 aromatic carbocycles. The highest BCUT2D eigenvalue weighted by atomic mass is 127. The third-order valence-corrected chi connectivity index (χ3v) is 6.86. The molecule has 3 fully saturated rings. The van der Waals surface area contributed by atoms with Crippen LogP contribution in [0.5, 0.6) is 0 Å². The first-order chi connectivity index (χ1) is 13.6. The normalized spacial score (nSPS) is 25.0. The Kier molecular flexibility index (Phi) is 8.18. The smallest absolute Gasteiger partial charge is 0.192 e. The fraction of sp³-hybridized carbons (Fsp3) is 0.857. The fourth-order valence-corrected chi connectivity index (χ4v) is 5.02. The maximum Gasteiger partial charge on any atom is 0.192 e. The number of nitrogens with zero attached hydrogens (tertiary/aromatic N) is 4. The van der Waals surface area contributed by atoms with Gasteiger partial charge in [0, 0.05) is 25.7 Å². The molecule has 1 aliphatic heterocycles. The molecule has 2 saturated carbocycles. The number of guanidine groups is 1.